The summed E-state index contributed by atoms with van der Waals surface area (Å²) in [5.74, 6) is -3.59. The number of hydrogen-bond acceptors (Lipinski definition) is 1. The van der Waals surface area contributed by atoms with Gasteiger partial charge < -0.3 is 5.11 Å². The Bertz CT molecular complexity index is 424. The Balaban J connectivity index is 2.25. The average molecular weight is 272 g/mol. The molecule has 1 aromatic rings. The minimum Gasteiger partial charge on any atom is -0.388 e. The molecule has 1 aliphatic carbocycles. The minimum absolute atomic E-state index is 0.00279. The van der Waals surface area contributed by atoms with E-state index in [1.807, 2.05) is 0 Å². The summed E-state index contributed by atoms with van der Waals surface area (Å²) >= 11 is 0. The Morgan fingerprint density at radius 3 is 2.32 bits per heavy atom. The van der Waals surface area contributed by atoms with E-state index in [9.17, 15) is 18.3 Å². The standard InChI is InChI=1S/C15H19F3O/c1-2-9-5-3-4-6-11(9)15(19)10-7-12(16)14(18)13(17)8-10/h7-9,11,15,19H,2-6H2,1H3. The maximum atomic E-state index is 13.2. The van der Waals surface area contributed by atoms with Gasteiger partial charge in [-0.05, 0) is 36.0 Å². The Hall–Kier alpha value is -1.03. The summed E-state index contributed by atoms with van der Waals surface area (Å²) in [4.78, 5) is 0. The SMILES string of the molecule is CCC1CCCCC1C(O)c1cc(F)c(F)c(F)c1. The fourth-order valence-electron chi connectivity index (χ4n) is 3.15. The molecule has 1 saturated carbocycles. The molecule has 0 spiro atoms. The van der Waals surface area contributed by atoms with Crippen molar-refractivity contribution in [1.82, 2.24) is 0 Å². The molecule has 1 nitrogen and oxygen atoms in total. The molecule has 3 unspecified atom stereocenters. The molecule has 1 aromatic carbocycles. The normalized spacial score (nSPS) is 25.3. The van der Waals surface area contributed by atoms with Gasteiger partial charge >= 0.3 is 0 Å². The van der Waals surface area contributed by atoms with Gasteiger partial charge in [0.1, 0.15) is 0 Å². The van der Waals surface area contributed by atoms with Crippen LogP contribution in [0.5, 0.6) is 0 Å². The van der Waals surface area contributed by atoms with Gasteiger partial charge in [0, 0.05) is 0 Å². The first-order chi connectivity index (χ1) is 9.04. The van der Waals surface area contributed by atoms with Crippen LogP contribution < -0.4 is 0 Å². The first kappa shape index (κ1) is 14.4. The van der Waals surface area contributed by atoms with Crippen LogP contribution in [0.4, 0.5) is 13.2 Å². The molecule has 4 heteroatoms. The first-order valence-electron chi connectivity index (χ1n) is 6.87. The molecule has 1 aliphatic rings. The van der Waals surface area contributed by atoms with E-state index in [1.54, 1.807) is 0 Å². The molecule has 3 atom stereocenters. The lowest BCUT2D eigenvalue weighted by Crippen LogP contribution is -2.25. The lowest BCUT2D eigenvalue weighted by atomic mass is 9.73. The molecule has 0 saturated heterocycles. The number of benzene rings is 1. The van der Waals surface area contributed by atoms with Crippen LogP contribution in [0, 0.1) is 29.3 Å². The van der Waals surface area contributed by atoms with E-state index in [0.717, 1.165) is 44.2 Å². The summed E-state index contributed by atoms with van der Waals surface area (Å²) in [6, 6.07) is 1.81. The van der Waals surface area contributed by atoms with E-state index in [4.69, 9.17) is 0 Å². The molecule has 19 heavy (non-hydrogen) atoms. The summed E-state index contributed by atoms with van der Waals surface area (Å²) in [7, 11) is 0. The zero-order valence-corrected chi connectivity index (χ0v) is 11.0. The first-order valence-corrected chi connectivity index (χ1v) is 6.87. The van der Waals surface area contributed by atoms with Crippen molar-refractivity contribution in [3.8, 4) is 0 Å². The van der Waals surface area contributed by atoms with E-state index in [1.165, 1.54) is 0 Å². The van der Waals surface area contributed by atoms with Crippen molar-refractivity contribution < 1.29 is 18.3 Å². The van der Waals surface area contributed by atoms with E-state index >= 15 is 0 Å². The molecule has 0 aromatic heterocycles. The van der Waals surface area contributed by atoms with Crippen LogP contribution in [0.1, 0.15) is 50.7 Å². The minimum atomic E-state index is -1.48. The molecule has 0 radical (unpaired) electrons. The third-order valence-corrected chi connectivity index (χ3v) is 4.25. The second kappa shape index (κ2) is 5.95. The van der Waals surface area contributed by atoms with Crippen LogP contribution in [0.3, 0.4) is 0 Å². The third-order valence-electron chi connectivity index (χ3n) is 4.25. The van der Waals surface area contributed by atoms with E-state index in [0.29, 0.717) is 5.92 Å². The van der Waals surface area contributed by atoms with Gasteiger partial charge in [-0.1, -0.05) is 32.6 Å². The van der Waals surface area contributed by atoms with E-state index in [-0.39, 0.29) is 11.5 Å². The quantitative estimate of drug-likeness (QED) is 0.811. The van der Waals surface area contributed by atoms with Gasteiger partial charge in [-0.3, -0.25) is 0 Å². The summed E-state index contributed by atoms with van der Waals surface area (Å²) < 4.78 is 39.4. The zero-order valence-electron chi connectivity index (χ0n) is 11.0. The van der Waals surface area contributed by atoms with Crippen molar-refractivity contribution in [3.63, 3.8) is 0 Å². The van der Waals surface area contributed by atoms with Crippen LogP contribution in [-0.2, 0) is 0 Å². The summed E-state index contributed by atoms with van der Waals surface area (Å²) in [5, 5.41) is 10.3. The molecule has 0 aliphatic heterocycles. The fraction of sp³-hybridized carbons (Fsp3) is 0.600. The van der Waals surface area contributed by atoms with Gasteiger partial charge in [-0.15, -0.1) is 0 Å². The van der Waals surface area contributed by atoms with Gasteiger partial charge in [-0.25, -0.2) is 13.2 Å². The zero-order chi connectivity index (χ0) is 14.0. The molecule has 0 bridgehead atoms. The highest BCUT2D eigenvalue weighted by molar-refractivity contribution is 5.22. The predicted octanol–water partition coefficient (Wildman–Crippen LogP) is 4.35. The van der Waals surface area contributed by atoms with E-state index < -0.39 is 23.6 Å². The number of aliphatic hydroxyl groups is 1. The van der Waals surface area contributed by atoms with Crippen molar-refractivity contribution >= 4 is 0 Å². The van der Waals surface area contributed by atoms with Crippen LogP contribution in [0.25, 0.3) is 0 Å². The van der Waals surface area contributed by atoms with Crippen molar-refractivity contribution in [1.29, 1.82) is 0 Å². The van der Waals surface area contributed by atoms with Crippen molar-refractivity contribution in [2.75, 3.05) is 0 Å². The molecular formula is C15H19F3O. The molecule has 0 amide bonds. The molecule has 0 heterocycles. The Kier molecular flexibility index (Phi) is 4.50. The number of hydrogen-bond donors (Lipinski definition) is 1. The molecular weight excluding hydrogens is 253 g/mol. The summed E-state index contributed by atoms with van der Waals surface area (Å²) in [6.07, 6.45) is 4.05. The van der Waals surface area contributed by atoms with Crippen LogP contribution in [0.2, 0.25) is 0 Å². The second-order valence-corrected chi connectivity index (χ2v) is 5.36. The van der Waals surface area contributed by atoms with Crippen LogP contribution in [-0.4, -0.2) is 5.11 Å². The van der Waals surface area contributed by atoms with Gasteiger partial charge in [0.15, 0.2) is 17.5 Å². The van der Waals surface area contributed by atoms with Gasteiger partial charge in [0.25, 0.3) is 0 Å². The maximum Gasteiger partial charge on any atom is 0.194 e. The molecule has 1 fully saturated rings. The van der Waals surface area contributed by atoms with Crippen LogP contribution in [0.15, 0.2) is 12.1 Å². The van der Waals surface area contributed by atoms with Crippen molar-refractivity contribution in [2.24, 2.45) is 11.8 Å². The Morgan fingerprint density at radius 2 is 1.74 bits per heavy atom. The van der Waals surface area contributed by atoms with Gasteiger partial charge in [-0.2, -0.15) is 0 Å². The Labute approximate surface area is 111 Å². The third kappa shape index (κ3) is 2.94. The van der Waals surface area contributed by atoms with Crippen molar-refractivity contribution in [3.05, 3.63) is 35.1 Å². The topological polar surface area (TPSA) is 20.2 Å². The maximum absolute atomic E-state index is 13.2. The average Bonchev–Trinajstić information content (AvgIpc) is 2.43. The predicted molar refractivity (Wildman–Crippen MR) is 67.0 cm³/mol. The van der Waals surface area contributed by atoms with E-state index in [2.05, 4.69) is 6.92 Å². The van der Waals surface area contributed by atoms with Gasteiger partial charge in [0.05, 0.1) is 6.10 Å². The number of halogens is 3. The summed E-state index contributed by atoms with van der Waals surface area (Å²) in [6.45, 7) is 2.06. The largest absolute Gasteiger partial charge is 0.388 e. The smallest absolute Gasteiger partial charge is 0.194 e. The molecule has 2 rings (SSSR count). The lowest BCUT2D eigenvalue weighted by Gasteiger charge is -2.34. The number of aliphatic hydroxyl groups excluding tert-OH is 1. The highest BCUT2D eigenvalue weighted by Gasteiger charge is 2.31. The summed E-state index contributed by atoms with van der Waals surface area (Å²) in [5.41, 5.74) is 0.141. The Morgan fingerprint density at radius 1 is 1.16 bits per heavy atom. The monoisotopic (exact) mass is 272 g/mol. The number of rotatable bonds is 3. The molecule has 1 N–H and O–H groups in total. The van der Waals surface area contributed by atoms with Crippen molar-refractivity contribution in [2.45, 2.75) is 45.1 Å². The fourth-order valence-corrected chi connectivity index (χ4v) is 3.15. The molecule has 106 valence electrons. The second-order valence-electron chi connectivity index (χ2n) is 5.36. The highest BCUT2D eigenvalue weighted by Crippen LogP contribution is 2.40. The van der Waals surface area contributed by atoms with Crippen LogP contribution >= 0.6 is 0 Å². The van der Waals surface area contributed by atoms with Gasteiger partial charge in [0.2, 0.25) is 0 Å². The lowest BCUT2D eigenvalue weighted by molar-refractivity contribution is 0.0446. The highest BCUT2D eigenvalue weighted by atomic mass is 19.2.